The maximum Gasteiger partial charge on any atom is 0.266 e. The SMILES string of the molecule is Cc1ccc(/C=C2/C(=O)NC(=S)N(C/C=C/c3ccccc3)C2=O)o1. The molecule has 2 heterocycles. The quantitative estimate of drug-likeness (QED) is 0.522. The Labute approximate surface area is 150 Å². The topological polar surface area (TPSA) is 62.6 Å². The molecule has 5 nitrogen and oxygen atoms in total. The number of hydrogen-bond donors (Lipinski definition) is 1. The summed E-state index contributed by atoms with van der Waals surface area (Å²) in [6.45, 7) is 2.06. The summed E-state index contributed by atoms with van der Waals surface area (Å²) in [5, 5.41) is 2.64. The third-order valence-electron chi connectivity index (χ3n) is 3.63. The van der Waals surface area contributed by atoms with Gasteiger partial charge >= 0.3 is 0 Å². The highest BCUT2D eigenvalue weighted by Crippen LogP contribution is 2.16. The van der Waals surface area contributed by atoms with Crippen molar-refractivity contribution in [2.75, 3.05) is 6.54 Å². The number of carbonyl (C=O) groups excluding carboxylic acids is 2. The Morgan fingerprint density at radius 2 is 1.92 bits per heavy atom. The van der Waals surface area contributed by atoms with Crippen molar-refractivity contribution in [1.82, 2.24) is 10.2 Å². The molecule has 1 N–H and O–H groups in total. The number of thiocarbonyl (C=S) groups is 1. The molecule has 1 aliphatic rings. The highest BCUT2D eigenvalue weighted by atomic mass is 32.1. The van der Waals surface area contributed by atoms with Gasteiger partial charge in [0.1, 0.15) is 17.1 Å². The van der Waals surface area contributed by atoms with Crippen LogP contribution in [0.4, 0.5) is 0 Å². The van der Waals surface area contributed by atoms with Gasteiger partial charge in [0.15, 0.2) is 5.11 Å². The molecule has 3 rings (SSSR count). The van der Waals surface area contributed by atoms with Gasteiger partial charge in [-0.05, 0) is 42.9 Å². The summed E-state index contributed by atoms with van der Waals surface area (Å²) in [5.74, 6) is 0.185. The Morgan fingerprint density at radius 3 is 2.60 bits per heavy atom. The first-order valence-corrected chi connectivity index (χ1v) is 8.12. The minimum Gasteiger partial charge on any atom is -0.462 e. The van der Waals surface area contributed by atoms with Gasteiger partial charge < -0.3 is 4.42 Å². The minimum atomic E-state index is -0.521. The second-order valence-electron chi connectivity index (χ2n) is 5.49. The first-order valence-electron chi connectivity index (χ1n) is 7.71. The number of amides is 2. The van der Waals surface area contributed by atoms with Crippen LogP contribution >= 0.6 is 12.2 Å². The number of nitrogens with zero attached hydrogens (tertiary/aromatic N) is 1. The summed E-state index contributed by atoms with van der Waals surface area (Å²) in [6.07, 6.45) is 5.15. The van der Waals surface area contributed by atoms with E-state index in [1.165, 1.54) is 11.0 Å². The highest BCUT2D eigenvalue weighted by molar-refractivity contribution is 7.80. The summed E-state index contributed by atoms with van der Waals surface area (Å²) in [4.78, 5) is 26.1. The van der Waals surface area contributed by atoms with Gasteiger partial charge in [-0.25, -0.2) is 0 Å². The Hall–Kier alpha value is -2.99. The Balaban J connectivity index is 1.78. The molecule has 0 spiro atoms. The first-order chi connectivity index (χ1) is 12.0. The molecule has 0 radical (unpaired) electrons. The standard InChI is InChI=1S/C19H16N2O3S/c1-13-9-10-15(24-13)12-16-17(22)20-19(25)21(18(16)23)11-5-8-14-6-3-2-4-7-14/h2-10,12H,11H2,1H3,(H,20,22,25)/b8-5+,16-12-. The molecule has 0 unspecified atom stereocenters. The fraction of sp³-hybridized carbons (Fsp3) is 0.105. The summed E-state index contributed by atoms with van der Waals surface area (Å²) < 4.78 is 5.41. The Bertz CT molecular complexity index is 881. The van der Waals surface area contributed by atoms with Gasteiger partial charge in [-0.3, -0.25) is 19.8 Å². The van der Waals surface area contributed by atoms with Gasteiger partial charge in [0.05, 0.1) is 0 Å². The van der Waals surface area contributed by atoms with Crippen LogP contribution < -0.4 is 5.32 Å². The normalized spacial score (nSPS) is 16.8. The molecule has 0 aliphatic carbocycles. The Morgan fingerprint density at radius 1 is 1.16 bits per heavy atom. The van der Waals surface area contributed by atoms with E-state index in [1.54, 1.807) is 19.1 Å². The van der Waals surface area contributed by atoms with E-state index in [-0.39, 0.29) is 17.2 Å². The van der Waals surface area contributed by atoms with Crippen LogP contribution in [-0.4, -0.2) is 28.4 Å². The molecule has 25 heavy (non-hydrogen) atoms. The number of benzene rings is 1. The lowest BCUT2D eigenvalue weighted by molar-refractivity contribution is -0.128. The van der Waals surface area contributed by atoms with E-state index in [0.717, 1.165) is 5.56 Å². The average Bonchev–Trinajstić information content (AvgIpc) is 3.00. The van der Waals surface area contributed by atoms with E-state index in [1.807, 2.05) is 42.5 Å². The van der Waals surface area contributed by atoms with Crippen molar-refractivity contribution in [1.29, 1.82) is 0 Å². The van der Waals surface area contributed by atoms with E-state index in [4.69, 9.17) is 16.6 Å². The van der Waals surface area contributed by atoms with E-state index in [9.17, 15) is 9.59 Å². The van der Waals surface area contributed by atoms with Crippen LogP contribution in [0.3, 0.4) is 0 Å². The molecule has 2 amide bonds. The van der Waals surface area contributed by atoms with Gasteiger partial charge in [-0.1, -0.05) is 42.5 Å². The third kappa shape index (κ3) is 3.92. The van der Waals surface area contributed by atoms with Crippen LogP contribution in [0.25, 0.3) is 12.2 Å². The van der Waals surface area contributed by atoms with E-state index in [0.29, 0.717) is 11.5 Å². The number of rotatable bonds is 4. The van der Waals surface area contributed by atoms with Gasteiger partial charge in [0, 0.05) is 6.54 Å². The monoisotopic (exact) mass is 352 g/mol. The summed E-state index contributed by atoms with van der Waals surface area (Å²) in [6, 6.07) is 13.2. The lowest BCUT2D eigenvalue weighted by Gasteiger charge is -2.27. The molecular weight excluding hydrogens is 336 g/mol. The van der Waals surface area contributed by atoms with Crippen LogP contribution in [0.15, 0.2) is 58.5 Å². The van der Waals surface area contributed by atoms with Crippen molar-refractivity contribution in [2.24, 2.45) is 0 Å². The third-order valence-corrected chi connectivity index (χ3v) is 3.95. The largest absolute Gasteiger partial charge is 0.462 e. The molecular formula is C19H16N2O3S. The summed E-state index contributed by atoms with van der Waals surface area (Å²) >= 11 is 5.12. The second-order valence-corrected chi connectivity index (χ2v) is 5.88. The molecule has 0 atom stereocenters. The molecule has 1 aromatic carbocycles. The van der Waals surface area contributed by atoms with Crippen LogP contribution in [0.2, 0.25) is 0 Å². The van der Waals surface area contributed by atoms with Gasteiger partial charge in [-0.15, -0.1) is 0 Å². The molecule has 0 bridgehead atoms. The van der Waals surface area contributed by atoms with E-state index >= 15 is 0 Å². The predicted octanol–water partition coefficient (Wildman–Crippen LogP) is 2.93. The number of hydrogen-bond acceptors (Lipinski definition) is 4. The maximum atomic E-state index is 12.6. The van der Waals surface area contributed by atoms with Crippen molar-refractivity contribution in [3.8, 4) is 0 Å². The van der Waals surface area contributed by atoms with Crippen molar-refractivity contribution < 1.29 is 14.0 Å². The first kappa shape index (κ1) is 16.9. The lowest BCUT2D eigenvalue weighted by Crippen LogP contribution is -2.53. The van der Waals surface area contributed by atoms with Gasteiger partial charge in [0.25, 0.3) is 11.8 Å². The highest BCUT2D eigenvalue weighted by Gasteiger charge is 2.32. The van der Waals surface area contributed by atoms with Crippen molar-refractivity contribution >= 4 is 41.3 Å². The van der Waals surface area contributed by atoms with Crippen LogP contribution in [0, 0.1) is 6.92 Å². The second kappa shape index (κ2) is 7.27. The van der Waals surface area contributed by atoms with E-state index in [2.05, 4.69) is 5.32 Å². The number of nitrogens with one attached hydrogen (secondary N) is 1. The Kier molecular flexibility index (Phi) is 4.90. The zero-order valence-electron chi connectivity index (χ0n) is 13.6. The fourth-order valence-electron chi connectivity index (χ4n) is 2.39. The van der Waals surface area contributed by atoms with E-state index < -0.39 is 11.8 Å². The van der Waals surface area contributed by atoms with Crippen molar-refractivity contribution in [3.05, 3.63) is 71.2 Å². The minimum absolute atomic E-state index is 0.00365. The maximum absolute atomic E-state index is 12.6. The molecule has 126 valence electrons. The average molecular weight is 352 g/mol. The smallest absolute Gasteiger partial charge is 0.266 e. The van der Waals surface area contributed by atoms with Crippen molar-refractivity contribution in [2.45, 2.75) is 6.92 Å². The van der Waals surface area contributed by atoms with Gasteiger partial charge in [0.2, 0.25) is 0 Å². The van der Waals surface area contributed by atoms with Crippen molar-refractivity contribution in [3.63, 3.8) is 0 Å². The summed E-state index contributed by atoms with van der Waals surface area (Å²) in [5.41, 5.74) is 1.01. The zero-order chi connectivity index (χ0) is 17.8. The number of aryl methyl sites for hydroxylation is 1. The fourth-order valence-corrected chi connectivity index (χ4v) is 2.64. The molecule has 0 saturated carbocycles. The zero-order valence-corrected chi connectivity index (χ0v) is 14.4. The molecule has 1 aliphatic heterocycles. The van der Waals surface area contributed by atoms with Crippen LogP contribution in [0.1, 0.15) is 17.1 Å². The lowest BCUT2D eigenvalue weighted by atomic mass is 10.1. The molecule has 1 fully saturated rings. The number of carbonyl (C=O) groups is 2. The van der Waals surface area contributed by atoms with Gasteiger partial charge in [-0.2, -0.15) is 0 Å². The summed E-state index contributed by atoms with van der Waals surface area (Å²) in [7, 11) is 0. The number of furan rings is 1. The van der Waals surface area contributed by atoms with Crippen LogP contribution in [0.5, 0.6) is 0 Å². The van der Waals surface area contributed by atoms with Crippen LogP contribution in [-0.2, 0) is 9.59 Å². The predicted molar refractivity (Wildman–Crippen MR) is 99.4 cm³/mol. The molecule has 2 aromatic rings. The molecule has 6 heteroatoms. The molecule has 1 saturated heterocycles. The molecule has 1 aromatic heterocycles.